The van der Waals surface area contributed by atoms with E-state index in [4.69, 9.17) is 0 Å². The summed E-state index contributed by atoms with van der Waals surface area (Å²) >= 11 is 0. The van der Waals surface area contributed by atoms with Gasteiger partial charge in [0.15, 0.2) is 0 Å². The molecule has 1 aromatic rings. The van der Waals surface area contributed by atoms with Crippen molar-refractivity contribution in [3.63, 3.8) is 0 Å². The van der Waals surface area contributed by atoms with Crippen molar-refractivity contribution in [1.82, 2.24) is 15.5 Å². The molecule has 6 heteroatoms. The maximum Gasteiger partial charge on any atom is 0.319 e. The summed E-state index contributed by atoms with van der Waals surface area (Å²) in [4.78, 5) is 26.0. The molecule has 0 aliphatic carbocycles. The summed E-state index contributed by atoms with van der Waals surface area (Å²) in [5, 5.41) is 8.46. The molecular weight excluding hydrogens is 304 g/mol. The smallest absolute Gasteiger partial charge is 0.319 e. The van der Waals surface area contributed by atoms with Gasteiger partial charge in [-0.25, -0.2) is 4.79 Å². The molecule has 0 fully saturated rings. The number of carbonyl (C=O) groups excluding carboxylic acids is 2. The van der Waals surface area contributed by atoms with Crippen molar-refractivity contribution in [1.29, 1.82) is 0 Å². The summed E-state index contributed by atoms with van der Waals surface area (Å²) in [5.74, 6) is 0.314. The number of carbonyl (C=O) groups is 2. The fourth-order valence-corrected chi connectivity index (χ4v) is 2.15. The summed E-state index contributed by atoms with van der Waals surface area (Å²) < 4.78 is 0. The van der Waals surface area contributed by atoms with Crippen LogP contribution in [0.5, 0.6) is 0 Å². The third kappa shape index (κ3) is 7.46. The third-order valence-electron chi connectivity index (χ3n) is 3.68. The number of rotatable bonds is 9. The number of urea groups is 1. The first kappa shape index (κ1) is 20.0. The van der Waals surface area contributed by atoms with Crippen LogP contribution in [-0.4, -0.2) is 49.6 Å². The molecule has 6 nitrogen and oxygen atoms in total. The molecule has 0 aromatic heterocycles. The highest BCUT2D eigenvalue weighted by atomic mass is 16.2. The molecule has 0 bridgehead atoms. The van der Waals surface area contributed by atoms with Crippen molar-refractivity contribution in [3.8, 4) is 0 Å². The zero-order valence-electron chi connectivity index (χ0n) is 15.2. The molecule has 0 radical (unpaired) electrons. The van der Waals surface area contributed by atoms with E-state index in [1.165, 1.54) is 0 Å². The van der Waals surface area contributed by atoms with E-state index >= 15 is 0 Å². The minimum absolute atomic E-state index is 0.0982. The van der Waals surface area contributed by atoms with E-state index in [0.717, 1.165) is 19.6 Å². The fourth-order valence-electron chi connectivity index (χ4n) is 2.15. The normalized spacial score (nSPS) is 10.8. The van der Waals surface area contributed by atoms with Crippen molar-refractivity contribution in [3.05, 3.63) is 29.8 Å². The molecule has 1 aromatic carbocycles. The van der Waals surface area contributed by atoms with Crippen LogP contribution in [-0.2, 0) is 0 Å². The maximum atomic E-state index is 11.9. The van der Waals surface area contributed by atoms with Crippen LogP contribution in [0.2, 0.25) is 0 Å². The Labute approximate surface area is 145 Å². The van der Waals surface area contributed by atoms with Gasteiger partial charge in [-0.15, -0.1) is 0 Å². The predicted molar refractivity (Wildman–Crippen MR) is 98.4 cm³/mol. The molecule has 0 spiro atoms. The van der Waals surface area contributed by atoms with E-state index in [-0.39, 0.29) is 11.9 Å². The molecule has 1 rings (SSSR count). The molecule has 3 amide bonds. The zero-order chi connectivity index (χ0) is 17.9. The lowest BCUT2D eigenvalue weighted by Gasteiger charge is -2.18. The Morgan fingerprint density at radius 1 is 1.04 bits per heavy atom. The van der Waals surface area contributed by atoms with Crippen LogP contribution >= 0.6 is 0 Å². The van der Waals surface area contributed by atoms with Crippen molar-refractivity contribution < 1.29 is 9.59 Å². The summed E-state index contributed by atoms with van der Waals surface area (Å²) in [6.45, 7) is 12.3. The standard InChI is InChI=1S/C18H30N4O2/c1-5-22(6-2)12-11-19-18(24)21-16-9-7-15(8-10-16)17(23)20-13-14(3)4/h7-10,14H,5-6,11-13H2,1-4H3,(H,20,23)(H2,19,21,24). The number of benzene rings is 1. The van der Waals surface area contributed by atoms with Gasteiger partial charge in [0.1, 0.15) is 0 Å². The molecule has 0 heterocycles. The van der Waals surface area contributed by atoms with Crippen molar-refractivity contribution >= 4 is 17.6 Å². The van der Waals surface area contributed by atoms with Gasteiger partial charge >= 0.3 is 6.03 Å². The zero-order valence-corrected chi connectivity index (χ0v) is 15.2. The van der Waals surface area contributed by atoms with Crippen LogP contribution in [0.25, 0.3) is 0 Å². The highest BCUT2D eigenvalue weighted by molar-refractivity contribution is 5.95. The lowest BCUT2D eigenvalue weighted by Crippen LogP contribution is -2.36. The molecular formula is C18H30N4O2. The topological polar surface area (TPSA) is 73.5 Å². The highest BCUT2D eigenvalue weighted by Crippen LogP contribution is 2.09. The number of hydrogen-bond acceptors (Lipinski definition) is 3. The van der Waals surface area contributed by atoms with Crippen LogP contribution in [0, 0.1) is 5.92 Å². The molecule has 134 valence electrons. The fraction of sp³-hybridized carbons (Fsp3) is 0.556. The summed E-state index contributed by atoms with van der Waals surface area (Å²) in [6, 6.07) is 6.64. The maximum absolute atomic E-state index is 11.9. The van der Waals surface area contributed by atoms with E-state index in [0.29, 0.717) is 30.3 Å². The second kappa shape index (κ2) is 10.6. The highest BCUT2D eigenvalue weighted by Gasteiger charge is 2.07. The monoisotopic (exact) mass is 334 g/mol. The van der Waals surface area contributed by atoms with Gasteiger partial charge in [0.05, 0.1) is 0 Å². The van der Waals surface area contributed by atoms with Crippen LogP contribution in [0.4, 0.5) is 10.5 Å². The van der Waals surface area contributed by atoms with Crippen LogP contribution < -0.4 is 16.0 Å². The van der Waals surface area contributed by atoms with Crippen molar-refractivity contribution in [2.24, 2.45) is 5.92 Å². The SMILES string of the molecule is CCN(CC)CCNC(=O)Nc1ccc(C(=O)NCC(C)C)cc1. The first-order valence-corrected chi connectivity index (χ1v) is 8.61. The Morgan fingerprint density at radius 2 is 1.67 bits per heavy atom. The van der Waals surface area contributed by atoms with E-state index < -0.39 is 0 Å². The largest absolute Gasteiger partial charge is 0.352 e. The summed E-state index contributed by atoms with van der Waals surface area (Å²) in [7, 11) is 0. The molecule has 0 saturated heterocycles. The number of amides is 3. The van der Waals surface area contributed by atoms with Gasteiger partial charge in [-0.3, -0.25) is 4.79 Å². The second-order valence-corrected chi connectivity index (χ2v) is 6.09. The lowest BCUT2D eigenvalue weighted by atomic mass is 10.1. The number of nitrogens with zero attached hydrogens (tertiary/aromatic N) is 1. The van der Waals surface area contributed by atoms with E-state index in [9.17, 15) is 9.59 Å². The summed E-state index contributed by atoms with van der Waals surface area (Å²) in [5.41, 5.74) is 1.25. The van der Waals surface area contributed by atoms with Crippen LogP contribution in [0.15, 0.2) is 24.3 Å². The first-order chi connectivity index (χ1) is 11.5. The minimum atomic E-state index is -0.237. The Kier molecular flexibility index (Phi) is 8.86. The lowest BCUT2D eigenvalue weighted by molar-refractivity contribution is 0.0949. The van der Waals surface area contributed by atoms with Gasteiger partial charge in [0, 0.05) is 30.9 Å². The van der Waals surface area contributed by atoms with Gasteiger partial charge in [0.25, 0.3) is 5.91 Å². The Morgan fingerprint density at radius 3 is 2.21 bits per heavy atom. The van der Waals surface area contributed by atoms with Gasteiger partial charge in [-0.2, -0.15) is 0 Å². The van der Waals surface area contributed by atoms with Crippen LogP contribution in [0.3, 0.4) is 0 Å². The minimum Gasteiger partial charge on any atom is -0.352 e. The molecule has 24 heavy (non-hydrogen) atoms. The number of nitrogens with one attached hydrogen (secondary N) is 3. The second-order valence-electron chi connectivity index (χ2n) is 6.09. The molecule has 0 unspecified atom stereocenters. The summed E-state index contributed by atoms with van der Waals surface area (Å²) in [6.07, 6.45) is 0. The van der Waals surface area contributed by atoms with E-state index in [2.05, 4.69) is 34.7 Å². The van der Waals surface area contributed by atoms with E-state index in [1.54, 1.807) is 24.3 Å². The molecule has 3 N–H and O–H groups in total. The Bertz CT molecular complexity index is 510. The average Bonchev–Trinajstić information content (AvgIpc) is 2.57. The predicted octanol–water partition coefficient (Wildman–Crippen LogP) is 2.54. The van der Waals surface area contributed by atoms with E-state index in [1.807, 2.05) is 13.8 Å². The first-order valence-electron chi connectivity index (χ1n) is 8.61. The number of hydrogen-bond donors (Lipinski definition) is 3. The van der Waals surface area contributed by atoms with Gasteiger partial charge < -0.3 is 20.9 Å². The van der Waals surface area contributed by atoms with Gasteiger partial charge in [-0.05, 0) is 43.3 Å². The van der Waals surface area contributed by atoms with Gasteiger partial charge in [-0.1, -0.05) is 27.7 Å². The average molecular weight is 334 g/mol. The molecule has 0 aliphatic heterocycles. The molecule has 0 atom stereocenters. The quantitative estimate of drug-likeness (QED) is 0.650. The Hall–Kier alpha value is -2.08. The van der Waals surface area contributed by atoms with Gasteiger partial charge in [0.2, 0.25) is 0 Å². The number of anilines is 1. The Balaban J connectivity index is 2.40. The molecule has 0 saturated carbocycles. The van der Waals surface area contributed by atoms with Crippen LogP contribution in [0.1, 0.15) is 38.1 Å². The molecule has 0 aliphatic rings. The van der Waals surface area contributed by atoms with Crippen molar-refractivity contribution in [2.75, 3.05) is 38.0 Å². The number of likely N-dealkylation sites (N-methyl/N-ethyl adjacent to an activating group) is 1. The third-order valence-corrected chi connectivity index (χ3v) is 3.68. The van der Waals surface area contributed by atoms with Crippen molar-refractivity contribution in [2.45, 2.75) is 27.7 Å².